The van der Waals surface area contributed by atoms with E-state index in [9.17, 15) is 0 Å². The first-order chi connectivity index (χ1) is 26.3. The molecule has 0 spiro atoms. The number of nitrogens with zero attached hydrogens (tertiary/aromatic N) is 5. The van der Waals surface area contributed by atoms with Crippen molar-refractivity contribution in [3.05, 3.63) is 188 Å². The molecule has 10 rings (SSSR count). The van der Waals surface area contributed by atoms with E-state index in [4.69, 9.17) is 19.9 Å². The summed E-state index contributed by atoms with van der Waals surface area (Å²) in [6.45, 7) is 0. The van der Waals surface area contributed by atoms with E-state index in [0.717, 1.165) is 83.6 Å². The zero-order valence-electron chi connectivity index (χ0n) is 28.6. The van der Waals surface area contributed by atoms with Gasteiger partial charge < -0.3 is 0 Å². The summed E-state index contributed by atoms with van der Waals surface area (Å²) in [5.41, 5.74) is 13.7. The van der Waals surface area contributed by atoms with Gasteiger partial charge in [-0.05, 0) is 28.8 Å². The Labute approximate surface area is 306 Å². The van der Waals surface area contributed by atoms with Crippen LogP contribution in [0.3, 0.4) is 0 Å². The van der Waals surface area contributed by atoms with Gasteiger partial charge in [-0.1, -0.05) is 170 Å². The maximum Gasteiger partial charge on any atom is 0.165 e. The summed E-state index contributed by atoms with van der Waals surface area (Å²) in [6.07, 6.45) is 2.02. The van der Waals surface area contributed by atoms with Crippen LogP contribution in [0.4, 0.5) is 0 Å². The first-order valence-corrected chi connectivity index (χ1v) is 17.7. The van der Waals surface area contributed by atoms with Crippen LogP contribution >= 0.6 is 0 Å². The standard InChI is InChI=1S/C48H31N5/c1-4-14-32(15-5-1)33-23-29-38(30-24-33)47-50-44(35-16-6-2-7-17-35)42(45(51-47)36-18-8-3-9-19-36)34-25-27-37(28-26-34)43-39-20-10-11-21-40(39)46-48(52-43)53-31-13-12-22-41(53)49-46/h1-31H. The first kappa shape index (κ1) is 30.6. The molecule has 248 valence electrons. The van der Waals surface area contributed by atoms with E-state index in [1.54, 1.807) is 0 Å². The summed E-state index contributed by atoms with van der Waals surface area (Å²) in [7, 11) is 0. The van der Waals surface area contributed by atoms with Crippen molar-refractivity contribution in [2.45, 2.75) is 0 Å². The molecule has 0 aliphatic rings. The third kappa shape index (κ3) is 5.43. The second kappa shape index (κ2) is 12.8. The van der Waals surface area contributed by atoms with Crippen molar-refractivity contribution in [2.75, 3.05) is 0 Å². The van der Waals surface area contributed by atoms with Crippen LogP contribution in [0.25, 0.3) is 95.0 Å². The largest absolute Gasteiger partial charge is 0.284 e. The number of imidazole rings is 1. The minimum atomic E-state index is 0.680. The Hall–Kier alpha value is -7.24. The molecule has 4 aromatic heterocycles. The Bertz CT molecular complexity index is 2840. The van der Waals surface area contributed by atoms with Gasteiger partial charge in [0.15, 0.2) is 11.5 Å². The van der Waals surface area contributed by atoms with Gasteiger partial charge in [-0.15, -0.1) is 0 Å². The molecule has 0 aliphatic carbocycles. The second-order valence-corrected chi connectivity index (χ2v) is 13.1. The third-order valence-corrected chi connectivity index (χ3v) is 9.86. The fraction of sp³-hybridized carbons (Fsp3) is 0. The Morgan fingerprint density at radius 2 is 0.792 bits per heavy atom. The molecule has 0 saturated heterocycles. The minimum Gasteiger partial charge on any atom is -0.284 e. The monoisotopic (exact) mass is 677 g/mol. The average molecular weight is 678 g/mol. The zero-order chi connectivity index (χ0) is 35.1. The molecule has 0 bridgehead atoms. The lowest BCUT2D eigenvalue weighted by Crippen LogP contribution is -2.01. The van der Waals surface area contributed by atoms with Crippen LogP contribution in [-0.2, 0) is 0 Å². The van der Waals surface area contributed by atoms with Crippen molar-refractivity contribution >= 4 is 27.6 Å². The quantitative estimate of drug-likeness (QED) is 0.176. The van der Waals surface area contributed by atoms with E-state index >= 15 is 0 Å². The van der Waals surface area contributed by atoms with E-state index in [2.05, 4.69) is 150 Å². The van der Waals surface area contributed by atoms with Crippen LogP contribution in [0.5, 0.6) is 0 Å². The second-order valence-electron chi connectivity index (χ2n) is 13.1. The van der Waals surface area contributed by atoms with Gasteiger partial charge in [-0.3, -0.25) is 4.40 Å². The van der Waals surface area contributed by atoms with Gasteiger partial charge in [0.25, 0.3) is 0 Å². The summed E-state index contributed by atoms with van der Waals surface area (Å²) in [5, 5.41) is 2.15. The number of aromatic nitrogens is 5. The van der Waals surface area contributed by atoms with E-state index in [1.807, 2.05) is 42.6 Å². The Kier molecular flexibility index (Phi) is 7.40. The topological polar surface area (TPSA) is 56.0 Å². The van der Waals surface area contributed by atoms with Gasteiger partial charge in [-0.25, -0.2) is 19.9 Å². The minimum absolute atomic E-state index is 0.680. The predicted molar refractivity (Wildman–Crippen MR) is 216 cm³/mol. The molecule has 4 heterocycles. The summed E-state index contributed by atoms with van der Waals surface area (Å²) in [5.74, 6) is 0.680. The lowest BCUT2D eigenvalue weighted by atomic mass is 9.92. The summed E-state index contributed by atoms with van der Waals surface area (Å²) >= 11 is 0. The van der Waals surface area contributed by atoms with Gasteiger partial charge >= 0.3 is 0 Å². The van der Waals surface area contributed by atoms with Crippen molar-refractivity contribution in [2.24, 2.45) is 0 Å². The molecule has 0 radical (unpaired) electrons. The van der Waals surface area contributed by atoms with Gasteiger partial charge in [0, 0.05) is 44.8 Å². The highest BCUT2D eigenvalue weighted by Gasteiger charge is 2.21. The molecule has 0 saturated carbocycles. The summed E-state index contributed by atoms with van der Waals surface area (Å²) in [4.78, 5) is 20.8. The maximum absolute atomic E-state index is 5.32. The molecule has 6 aromatic carbocycles. The fourth-order valence-electron chi connectivity index (χ4n) is 7.26. The molecule has 5 heteroatoms. The Morgan fingerprint density at radius 1 is 0.321 bits per heavy atom. The van der Waals surface area contributed by atoms with Gasteiger partial charge in [0.1, 0.15) is 11.2 Å². The Balaban J connectivity index is 1.15. The van der Waals surface area contributed by atoms with Crippen LogP contribution in [-0.4, -0.2) is 24.3 Å². The average Bonchev–Trinajstić information content (AvgIpc) is 3.63. The molecule has 0 atom stereocenters. The van der Waals surface area contributed by atoms with Crippen LogP contribution in [0.1, 0.15) is 0 Å². The normalized spacial score (nSPS) is 11.4. The highest BCUT2D eigenvalue weighted by atomic mass is 15.1. The van der Waals surface area contributed by atoms with Crippen molar-refractivity contribution in [3.63, 3.8) is 0 Å². The van der Waals surface area contributed by atoms with Crippen molar-refractivity contribution < 1.29 is 0 Å². The van der Waals surface area contributed by atoms with Crippen LogP contribution in [0.15, 0.2) is 188 Å². The highest BCUT2D eigenvalue weighted by molar-refractivity contribution is 6.09. The first-order valence-electron chi connectivity index (χ1n) is 17.7. The molecule has 0 aliphatic heterocycles. The zero-order valence-corrected chi connectivity index (χ0v) is 28.6. The molecule has 0 fully saturated rings. The van der Waals surface area contributed by atoms with Gasteiger partial charge in [0.05, 0.1) is 17.1 Å². The van der Waals surface area contributed by atoms with Crippen molar-refractivity contribution in [3.8, 4) is 67.4 Å². The van der Waals surface area contributed by atoms with Crippen LogP contribution < -0.4 is 0 Å². The number of benzene rings is 6. The number of hydrogen-bond donors (Lipinski definition) is 0. The third-order valence-electron chi connectivity index (χ3n) is 9.86. The van der Waals surface area contributed by atoms with E-state index in [-0.39, 0.29) is 0 Å². The number of hydrogen-bond acceptors (Lipinski definition) is 4. The molecule has 0 unspecified atom stereocenters. The number of pyridine rings is 2. The molecular formula is C48H31N5. The summed E-state index contributed by atoms with van der Waals surface area (Å²) < 4.78 is 2.06. The summed E-state index contributed by atoms with van der Waals surface area (Å²) in [6, 6.07) is 62.9. The van der Waals surface area contributed by atoms with Crippen molar-refractivity contribution in [1.82, 2.24) is 24.3 Å². The van der Waals surface area contributed by atoms with E-state index in [1.165, 1.54) is 5.56 Å². The molecule has 0 N–H and O–H groups in total. The Morgan fingerprint density at radius 3 is 1.43 bits per heavy atom. The van der Waals surface area contributed by atoms with E-state index < -0.39 is 0 Å². The fourth-order valence-corrected chi connectivity index (χ4v) is 7.26. The molecule has 5 nitrogen and oxygen atoms in total. The van der Waals surface area contributed by atoms with Gasteiger partial charge in [0.2, 0.25) is 0 Å². The SMILES string of the molecule is c1ccc(-c2ccc(-c3nc(-c4ccccc4)c(-c4ccc(-c5nc6c(nc7ccccn76)c6ccccc56)cc4)c(-c4ccccc4)n3)cc2)cc1. The lowest BCUT2D eigenvalue weighted by Gasteiger charge is -2.17. The van der Waals surface area contributed by atoms with E-state index in [0.29, 0.717) is 5.82 Å². The maximum atomic E-state index is 5.32. The molecule has 0 amide bonds. The predicted octanol–water partition coefficient (Wildman–Crippen LogP) is 11.8. The van der Waals surface area contributed by atoms with Crippen LogP contribution in [0.2, 0.25) is 0 Å². The smallest absolute Gasteiger partial charge is 0.165 e. The van der Waals surface area contributed by atoms with Crippen LogP contribution in [0, 0.1) is 0 Å². The highest BCUT2D eigenvalue weighted by Crippen LogP contribution is 2.41. The number of fused-ring (bicyclic) bond motifs is 5. The molecule has 10 aromatic rings. The lowest BCUT2D eigenvalue weighted by molar-refractivity contribution is 1.18. The van der Waals surface area contributed by atoms with Gasteiger partial charge in [-0.2, -0.15) is 0 Å². The van der Waals surface area contributed by atoms with Crippen molar-refractivity contribution in [1.29, 1.82) is 0 Å². The number of rotatable bonds is 6. The molecule has 53 heavy (non-hydrogen) atoms. The molecular weight excluding hydrogens is 647 g/mol.